The van der Waals surface area contributed by atoms with Gasteiger partial charge in [-0.25, -0.2) is 9.59 Å². The molecule has 0 radical (unpaired) electrons. The van der Waals surface area contributed by atoms with Crippen LogP contribution >= 0.6 is 11.8 Å². The molecule has 0 amide bonds. The second kappa shape index (κ2) is 14.9. The lowest BCUT2D eigenvalue weighted by Gasteiger charge is -2.59. The molecular formula is C44H48N4O12S. The zero-order valence-corrected chi connectivity index (χ0v) is 36.0. The number of ether oxygens (including phenoxy) is 8. The standard InChI is InChI=1S/C44H48N4O12S/c1-19-11-23-12-25-26(15-45)48-27-16-55-41(51)44(24-14-28(53-7)29(13-22(24)9-10-46-44)59-42(52)60-43(4,5)6)17-61-40(34(48)33(47-25)30(23)35(50)36(19)54-8)32-31(27)39-38(56-18-57-39)20(2)37(32)58-21(3)49/h11,13-14,25-27,33-34,40,46-47,50H,9-10,12,16-18H2,1-8H3/t25-,26-,27-,33+,34?,40+,44+/m0/s1. The Morgan fingerprint density at radius 2 is 1.77 bits per heavy atom. The third-order valence-electron chi connectivity index (χ3n) is 12.5. The van der Waals surface area contributed by atoms with E-state index in [9.17, 15) is 24.8 Å². The Kier molecular flexibility index (Phi) is 10.0. The molecule has 1 unspecified atom stereocenters. The van der Waals surface area contributed by atoms with Gasteiger partial charge in [-0.2, -0.15) is 5.26 Å². The zero-order valence-electron chi connectivity index (χ0n) is 35.2. The highest BCUT2D eigenvalue weighted by molar-refractivity contribution is 7.99. The molecule has 0 saturated carbocycles. The van der Waals surface area contributed by atoms with Crippen LogP contribution in [0.15, 0.2) is 18.2 Å². The average Bonchev–Trinajstić information content (AvgIpc) is 3.70. The predicted octanol–water partition coefficient (Wildman–Crippen LogP) is 5.25. The lowest BCUT2D eigenvalue weighted by atomic mass is 9.72. The number of hydrogen-bond acceptors (Lipinski definition) is 17. The maximum Gasteiger partial charge on any atom is 0.514 e. The van der Waals surface area contributed by atoms with Crippen molar-refractivity contribution in [1.82, 2.24) is 15.5 Å². The minimum atomic E-state index is -1.45. The van der Waals surface area contributed by atoms with Crippen LogP contribution in [0.2, 0.25) is 0 Å². The maximum atomic E-state index is 15.0. The first-order valence-electron chi connectivity index (χ1n) is 20.2. The third-order valence-corrected chi connectivity index (χ3v) is 14.0. The topological polar surface area (TPSA) is 196 Å². The van der Waals surface area contributed by atoms with E-state index >= 15 is 0 Å². The molecule has 2 fully saturated rings. The van der Waals surface area contributed by atoms with Crippen LogP contribution in [-0.4, -0.2) is 91.7 Å². The van der Waals surface area contributed by atoms with Gasteiger partial charge in [0, 0.05) is 53.6 Å². The van der Waals surface area contributed by atoms with Crippen LogP contribution in [0.3, 0.4) is 0 Å². The summed E-state index contributed by atoms with van der Waals surface area (Å²) in [6, 6.07) is 4.94. The summed E-state index contributed by atoms with van der Waals surface area (Å²) in [7, 11) is 2.97. The quantitative estimate of drug-likeness (QED) is 0.175. The van der Waals surface area contributed by atoms with Gasteiger partial charge in [-0.3, -0.25) is 15.0 Å². The Balaban J connectivity index is 1.25. The molecule has 3 N–H and O–H groups in total. The number of thioether (sulfide) groups is 1. The lowest BCUT2D eigenvalue weighted by molar-refractivity contribution is -0.155. The number of piperazine rings is 1. The van der Waals surface area contributed by atoms with E-state index in [2.05, 4.69) is 21.6 Å². The Bertz CT molecular complexity index is 2430. The number of phenols is 1. The molecule has 0 aliphatic carbocycles. The molecule has 7 atom stereocenters. The molecule has 4 bridgehead atoms. The fourth-order valence-electron chi connectivity index (χ4n) is 10.2. The minimum Gasteiger partial charge on any atom is -0.504 e. The number of benzene rings is 3. The fraction of sp³-hybridized carbons (Fsp3) is 0.500. The molecule has 0 aromatic heterocycles. The Hall–Kier alpha value is -5.41. The predicted molar refractivity (Wildman–Crippen MR) is 219 cm³/mol. The van der Waals surface area contributed by atoms with Crippen molar-refractivity contribution in [2.75, 3.05) is 39.9 Å². The smallest absolute Gasteiger partial charge is 0.504 e. The molecule has 61 heavy (non-hydrogen) atoms. The van der Waals surface area contributed by atoms with Crippen molar-refractivity contribution in [3.05, 3.63) is 62.7 Å². The van der Waals surface area contributed by atoms with Gasteiger partial charge in [-0.15, -0.1) is 11.8 Å². The van der Waals surface area contributed by atoms with Gasteiger partial charge in [0.25, 0.3) is 0 Å². The second-order valence-corrected chi connectivity index (χ2v) is 18.3. The highest BCUT2D eigenvalue weighted by atomic mass is 32.2. The van der Waals surface area contributed by atoms with E-state index in [-0.39, 0.29) is 42.4 Å². The van der Waals surface area contributed by atoms with Crippen LogP contribution < -0.4 is 39.1 Å². The zero-order chi connectivity index (χ0) is 43.3. The molecule has 17 heteroatoms. The van der Waals surface area contributed by atoms with Gasteiger partial charge in [0.2, 0.25) is 6.79 Å². The van der Waals surface area contributed by atoms with Gasteiger partial charge in [0.15, 0.2) is 40.0 Å². The molecule has 2 saturated heterocycles. The Labute approximate surface area is 357 Å². The fourth-order valence-corrected chi connectivity index (χ4v) is 11.9. The van der Waals surface area contributed by atoms with Crippen LogP contribution in [0, 0.1) is 25.2 Å². The Morgan fingerprint density at radius 3 is 2.48 bits per heavy atom. The normalized spacial score (nSPS) is 27.0. The second-order valence-electron chi connectivity index (χ2n) is 17.2. The van der Waals surface area contributed by atoms with Crippen molar-refractivity contribution in [3.63, 3.8) is 0 Å². The van der Waals surface area contributed by atoms with Gasteiger partial charge < -0.3 is 48.3 Å². The van der Waals surface area contributed by atoms with E-state index in [4.69, 9.17) is 37.9 Å². The molecule has 1 spiro atoms. The van der Waals surface area contributed by atoms with E-state index in [1.807, 2.05) is 19.9 Å². The number of aromatic hydroxyl groups is 1. The molecule has 16 nitrogen and oxygen atoms in total. The Morgan fingerprint density at radius 1 is 1.00 bits per heavy atom. The maximum absolute atomic E-state index is 15.0. The number of carbonyl (C=O) groups excluding carboxylic acids is 3. The molecular weight excluding hydrogens is 809 g/mol. The van der Waals surface area contributed by atoms with E-state index in [1.54, 1.807) is 32.9 Å². The van der Waals surface area contributed by atoms with E-state index < -0.39 is 58.7 Å². The highest BCUT2D eigenvalue weighted by Crippen LogP contribution is 2.63. The third kappa shape index (κ3) is 6.40. The number of nitriles is 1. The van der Waals surface area contributed by atoms with Crippen molar-refractivity contribution in [2.45, 2.75) is 101 Å². The number of rotatable bonds is 4. The molecule has 7 aliphatic rings. The first kappa shape index (κ1) is 41.0. The molecule has 322 valence electrons. The largest absolute Gasteiger partial charge is 0.514 e. The molecule has 3 aromatic rings. The van der Waals surface area contributed by atoms with Gasteiger partial charge in [0.1, 0.15) is 24.0 Å². The number of esters is 2. The van der Waals surface area contributed by atoms with Crippen molar-refractivity contribution in [1.29, 1.82) is 5.26 Å². The number of methoxy groups -OCH3 is 2. The van der Waals surface area contributed by atoms with Gasteiger partial charge >= 0.3 is 18.1 Å². The lowest BCUT2D eigenvalue weighted by Crippen LogP contribution is -2.69. The number of nitrogens with zero attached hydrogens (tertiary/aromatic N) is 2. The van der Waals surface area contributed by atoms with Gasteiger partial charge in [0.05, 0.1) is 37.6 Å². The highest BCUT2D eigenvalue weighted by Gasteiger charge is 2.60. The number of carbonyl (C=O) groups is 3. The van der Waals surface area contributed by atoms with E-state index in [0.717, 1.165) is 16.7 Å². The summed E-state index contributed by atoms with van der Waals surface area (Å²) in [5.41, 5.74) is 3.21. The molecule has 7 aliphatic heterocycles. The van der Waals surface area contributed by atoms with E-state index in [1.165, 1.54) is 32.9 Å². The minimum absolute atomic E-state index is 0.00588. The van der Waals surface area contributed by atoms with E-state index in [0.29, 0.717) is 70.2 Å². The van der Waals surface area contributed by atoms with Crippen molar-refractivity contribution >= 4 is 29.9 Å². The SMILES string of the molecule is COc1cc2c(cc1OC(=O)OC(C)(C)C)CCN[C@]21CS[C@@H]2c3c(OC(C)=O)c(C)c4c(c3[C@H](COC1=O)N1C2[C@@H]2N[C@@H](Cc3cc(C)c(OC)c(O)c32)[C@@H]1C#N)OCO4. The summed E-state index contributed by atoms with van der Waals surface area (Å²) < 4.78 is 47.4. The van der Waals surface area contributed by atoms with Crippen molar-refractivity contribution in [2.24, 2.45) is 0 Å². The summed E-state index contributed by atoms with van der Waals surface area (Å²) in [6.07, 6.45) is 0.0329. The summed E-state index contributed by atoms with van der Waals surface area (Å²) in [4.78, 5) is 42.9. The molecule has 10 rings (SSSR count). The molecule has 3 aromatic carbocycles. The summed E-state index contributed by atoms with van der Waals surface area (Å²) in [5.74, 6) is 0.847. The average molecular weight is 857 g/mol. The number of fused-ring (bicyclic) bond motifs is 9. The number of nitrogens with one attached hydrogen (secondary N) is 2. The number of aryl methyl sites for hydroxylation is 1. The monoisotopic (exact) mass is 856 g/mol. The van der Waals surface area contributed by atoms with Crippen LogP contribution in [0.5, 0.6) is 40.2 Å². The first-order valence-corrected chi connectivity index (χ1v) is 21.3. The summed E-state index contributed by atoms with van der Waals surface area (Å²) >= 11 is 1.44. The van der Waals surface area contributed by atoms with Gasteiger partial charge in [-0.1, -0.05) is 6.07 Å². The first-order chi connectivity index (χ1) is 29.1. The molecule has 7 heterocycles. The van der Waals surface area contributed by atoms with Crippen LogP contribution in [0.25, 0.3) is 0 Å². The van der Waals surface area contributed by atoms with Crippen LogP contribution in [-0.2, 0) is 37.4 Å². The van der Waals surface area contributed by atoms with Crippen LogP contribution in [0.4, 0.5) is 4.79 Å². The van der Waals surface area contributed by atoms with Crippen molar-refractivity contribution < 1.29 is 57.4 Å². The number of hydrogen-bond donors (Lipinski definition) is 3. The van der Waals surface area contributed by atoms with Crippen molar-refractivity contribution in [3.8, 4) is 46.3 Å². The summed E-state index contributed by atoms with van der Waals surface area (Å²) in [6.45, 7) is 10.3. The van der Waals surface area contributed by atoms with Crippen LogP contribution in [0.1, 0.15) is 89.5 Å². The number of phenolic OH excluding ortho intramolecular Hbond substituents is 1. The van der Waals surface area contributed by atoms with Gasteiger partial charge in [-0.05, 0) is 81.8 Å². The summed E-state index contributed by atoms with van der Waals surface area (Å²) in [5, 5.41) is 29.7.